The summed E-state index contributed by atoms with van der Waals surface area (Å²) >= 11 is 0. The quantitative estimate of drug-likeness (QED) is 0.799. The van der Waals surface area contributed by atoms with Crippen LogP contribution in [0, 0.1) is 0 Å². The lowest BCUT2D eigenvalue weighted by molar-refractivity contribution is 0.888. The van der Waals surface area contributed by atoms with Crippen molar-refractivity contribution in [3.05, 3.63) is 40.2 Å². The van der Waals surface area contributed by atoms with Crippen molar-refractivity contribution in [2.45, 2.75) is 40.5 Å². The fraction of sp³-hybridized carbons (Fsp3) is 0.462. The topological polar surface area (TPSA) is 47.3 Å². The Bertz CT molecular complexity index is 546. The number of aryl methyl sites for hydroxylation is 1. The van der Waals surface area contributed by atoms with Crippen LogP contribution in [0.15, 0.2) is 23.4 Å². The summed E-state index contributed by atoms with van der Waals surface area (Å²) < 4.78 is 1.55. The number of hydrogen-bond acceptors (Lipinski definition) is 3. The van der Waals surface area contributed by atoms with Crippen LogP contribution in [-0.4, -0.2) is 14.4 Å². The van der Waals surface area contributed by atoms with E-state index < -0.39 is 0 Å². The molecule has 92 valence electrons. The highest BCUT2D eigenvalue weighted by atomic mass is 16.1. The van der Waals surface area contributed by atoms with Crippen molar-refractivity contribution in [2.75, 3.05) is 0 Å². The maximum Gasteiger partial charge on any atom is 0.261 e. The molecule has 2 aromatic heterocycles. The molecule has 4 heteroatoms. The van der Waals surface area contributed by atoms with Crippen molar-refractivity contribution in [3.63, 3.8) is 0 Å². The summed E-state index contributed by atoms with van der Waals surface area (Å²) in [6, 6.07) is 0. The Labute approximate surface area is 101 Å². The third kappa shape index (κ3) is 2.52. The van der Waals surface area contributed by atoms with Gasteiger partial charge in [0.15, 0.2) is 5.65 Å². The van der Waals surface area contributed by atoms with Crippen molar-refractivity contribution in [2.24, 2.45) is 0 Å². The molecule has 0 fully saturated rings. The molecule has 2 heterocycles. The van der Waals surface area contributed by atoms with E-state index in [4.69, 9.17) is 0 Å². The van der Waals surface area contributed by atoms with E-state index in [1.165, 1.54) is 0 Å². The monoisotopic (exact) mass is 233 g/mol. The maximum absolute atomic E-state index is 12.0. The predicted molar refractivity (Wildman–Crippen MR) is 69.4 cm³/mol. The zero-order valence-electron chi connectivity index (χ0n) is 10.9. The smallest absolute Gasteiger partial charge is 0.261 e. The van der Waals surface area contributed by atoms with Crippen molar-refractivity contribution in [1.82, 2.24) is 14.4 Å². The van der Waals surface area contributed by atoms with E-state index in [1.807, 2.05) is 27.7 Å². The van der Waals surface area contributed by atoms with Crippen LogP contribution >= 0.6 is 0 Å². The van der Waals surface area contributed by atoms with Crippen LogP contribution in [0.4, 0.5) is 0 Å². The molecule has 0 N–H and O–H groups in total. The highest BCUT2D eigenvalue weighted by Gasteiger charge is 2.08. The predicted octanol–water partition coefficient (Wildman–Crippen LogP) is 2.24. The zero-order valence-corrected chi connectivity index (χ0v) is 10.9. The first-order valence-electron chi connectivity index (χ1n) is 6.12. The van der Waals surface area contributed by atoms with Crippen LogP contribution in [0.2, 0.25) is 0 Å². The molecule has 0 saturated heterocycles. The number of nitrogens with zero attached hydrogens (tertiary/aromatic N) is 3. The van der Waals surface area contributed by atoms with Gasteiger partial charge in [-0.3, -0.25) is 14.2 Å². The van der Waals surface area contributed by atoms with Crippen LogP contribution in [0.1, 0.15) is 39.0 Å². The van der Waals surface area contributed by atoms with Gasteiger partial charge in [-0.1, -0.05) is 27.7 Å². The summed E-state index contributed by atoms with van der Waals surface area (Å²) in [5.74, 6) is 0. The van der Waals surface area contributed by atoms with E-state index in [9.17, 15) is 4.79 Å². The minimum absolute atomic E-state index is 0.0294. The Kier molecular flexibility index (Phi) is 4.82. The molecule has 0 aromatic carbocycles. The van der Waals surface area contributed by atoms with Crippen molar-refractivity contribution >= 4 is 5.65 Å². The number of fused-ring (bicyclic) bond motifs is 1. The summed E-state index contributed by atoms with van der Waals surface area (Å²) in [7, 11) is 0. The third-order valence-corrected chi connectivity index (χ3v) is 2.50. The second kappa shape index (κ2) is 6.13. The number of rotatable bonds is 2. The molecule has 0 amide bonds. The van der Waals surface area contributed by atoms with Gasteiger partial charge < -0.3 is 0 Å². The molecule has 0 aliphatic rings. The van der Waals surface area contributed by atoms with Gasteiger partial charge in [0, 0.05) is 18.0 Å². The van der Waals surface area contributed by atoms with E-state index in [-0.39, 0.29) is 5.56 Å². The average Bonchev–Trinajstić information content (AvgIpc) is 2.41. The summed E-state index contributed by atoms with van der Waals surface area (Å²) in [6.45, 7) is 7.99. The Balaban J connectivity index is 0.000000686. The highest BCUT2D eigenvalue weighted by molar-refractivity contribution is 5.38. The standard InChI is InChI=1S/C11H13N3O.C2H6/c1-3-8-9(4-2)13-10-7-12-5-6-14(10)11(8)15;1-2/h5-7H,3-4H2,1-2H3;1-2H3. The van der Waals surface area contributed by atoms with Gasteiger partial charge >= 0.3 is 0 Å². The summed E-state index contributed by atoms with van der Waals surface area (Å²) in [4.78, 5) is 20.4. The van der Waals surface area contributed by atoms with E-state index in [0.717, 1.165) is 24.1 Å². The molecule has 0 saturated carbocycles. The van der Waals surface area contributed by atoms with Gasteiger partial charge in [0.2, 0.25) is 0 Å². The molecule has 4 nitrogen and oxygen atoms in total. The average molecular weight is 233 g/mol. The van der Waals surface area contributed by atoms with Gasteiger partial charge in [-0.2, -0.15) is 0 Å². The molecule has 0 atom stereocenters. The summed E-state index contributed by atoms with van der Waals surface area (Å²) in [6.07, 6.45) is 6.37. The van der Waals surface area contributed by atoms with Gasteiger partial charge in [0.25, 0.3) is 5.56 Å². The molecule has 0 aliphatic carbocycles. The molecule has 0 radical (unpaired) electrons. The maximum atomic E-state index is 12.0. The lowest BCUT2D eigenvalue weighted by atomic mass is 10.1. The fourth-order valence-corrected chi connectivity index (χ4v) is 1.73. The van der Waals surface area contributed by atoms with E-state index in [2.05, 4.69) is 9.97 Å². The summed E-state index contributed by atoms with van der Waals surface area (Å²) in [5.41, 5.74) is 2.34. The molecular weight excluding hydrogens is 214 g/mol. The first-order valence-corrected chi connectivity index (χ1v) is 6.12. The third-order valence-electron chi connectivity index (χ3n) is 2.50. The Morgan fingerprint density at radius 1 is 1.24 bits per heavy atom. The van der Waals surface area contributed by atoms with Crippen LogP contribution in [0.5, 0.6) is 0 Å². The molecule has 0 unspecified atom stereocenters. The molecular formula is C13H19N3O. The second-order valence-corrected chi connectivity index (χ2v) is 3.35. The first kappa shape index (κ1) is 13.4. The van der Waals surface area contributed by atoms with Crippen molar-refractivity contribution in [1.29, 1.82) is 0 Å². The van der Waals surface area contributed by atoms with Gasteiger partial charge in [-0.05, 0) is 12.8 Å². The number of hydrogen-bond donors (Lipinski definition) is 0. The molecule has 2 aromatic rings. The Morgan fingerprint density at radius 2 is 1.94 bits per heavy atom. The lowest BCUT2D eigenvalue weighted by Crippen LogP contribution is -2.22. The Morgan fingerprint density at radius 3 is 2.53 bits per heavy atom. The molecule has 17 heavy (non-hydrogen) atoms. The summed E-state index contributed by atoms with van der Waals surface area (Å²) in [5, 5.41) is 0. The second-order valence-electron chi connectivity index (χ2n) is 3.35. The molecule has 0 aliphatic heterocycles. The molecule has 2 rings (SSSR count). The van der Waals surface area contributed by atoms with Crippen LogP contribution < -0.4 is 5.56 Å². The van der Waals surface area contributed by atoms with Gasteiger partial charge in [-0.25, -0.2) is 4.98 Å². The van der Waals surface area contributed by atoms with Crippen LogP contribution in [0.25, 0.3) is 5.65 Å². The first-order chi connectivity index (χ1) is 8.27. The largest absolute Gasteiger partial charge is 0.269 e. The zero-order chi connectivity index (χ0) is 12.8. The van der Waals surface area contributed by atoms with Crippen molar-refractivity contribution < 1.29 is 0 Å². The van der Waals surface area contributed by atoms with E-state index >= 15 is 0 Å². The Hall–Kier alpha value is -1.71. The lowest BCUT2D eigenvalue weighted by Gasteiger charge is -2.06. The van der Waals surface area contributed by atoms with Gasteiger partial charge in [-0.15, -0.1) is 0 Å². The molecule has 0 bridgehead atoms. The molecule has 0 spiro atoms. The normalized spacial score (nSPS) is 9.88. The fourth-order valence-electron chi connectivity index (χ4n) is 1.73. The number of aromatic nitrogens is 3. The van der Waals surface area contributed by atoms with Gasteiger partial charge in [0.05, 0.1) is 11.9 Å². The minimum Gasteiger partial charge on any atom is -0.269 e. The highest BCUT2D eigenvalue weighted by Crippen LogP contribution is 2.05. The van der Waals surface area contributed by atoms with Crippen LogP contribution in [0.3, 0.4) is 0 Å². The van der Waals surface area contributed by atoms with E-state index in [1.54, 1.807) is 23.0 Å². The minimum atomic E-state index is 0.0294. The van der Waals surface area contributed by atoms with E-state index in [0.29, 0.717) is 5.65 Å². The van der Waals surface area contributed by atoms with Crippen molar-refractivity contribution in [3.8, 4) is 0 Å². The SMILES string of the molecule is CC.CCc1nc2cnccn2c(=O)c1CC. The van der Waals surface area contributed by atoms with Gasteiger partial charge in [0.1, 0.15) is 0 Å². The van der Waals surface area contributed by atoms with Crippen LogP contribution in [-0.2, 0) is 12.8 Å².